The Bertz CT molecular complexity index is 1360. The number of fused-ring (bicyclic) bond motifs is 2. The van der Waals surface area contributed by atoms with E-state index in [0.29, 0.717) is 17.1 Å². The van der Waals surface area contributed by atoms with E-state index in [1.54, 1.807) is 12.1 Å². The van der Waals surface area contributed by atoms with Crippen LogP contribution in [0.25, 0.3) is 11.0 Å². The average molecular weight is 423 g/mol. The molecule has 1 aliphatic heterocycles. The number of carbonyl (C=O) groups excluding carboxylic acids is 1. The Labute approximate surface area is 173 Å². The summed E-state index contributed by atoms with van der Waals surface area (Å²) < 4.78 is 19.6. The van der Waals surface area contributed by atoms with Crippen molar-refractivity contribution in [3.8, 4) is 5.75 Å². The first-order valence-corrected chi connectivity index (χ1v) is 10.0. The minimum Gasteiger partial charge on any atom is -0.508 e. The van der Waals surface area contributed by atoms with Gasteiger partial charge in [-0.3, -0.25) is 14.5 Å². The number of hydrogen-bond donors (Lipinski definition) is 1. The van der Waals surface area contributed by atoms with Crippen LogP contribution in [0.15, 0.2) is 51.7 Å². The fraction of sp³-hybridized carbons (Fsp3) is 0.143. The molecule has 30 heavy (non-hydrogen) atoms. The zero-order valence-corrected chi connectivity index (χ0v) is 16.4. The van der Waals surface area contributed by atoms with Gasteiger partial charge in [0.15, 0.2) is 5.43 Å². The number of nitrogens with zero attached hydrogens (tertiary/aromatic N) is 3. The van der Waals surface area contributed by atoms with E-state index in [2.05, 4.69) is 10.2 Å². The molecule has 0 saturated carbocycles. The summed E-state index contributed by atoms with van der Waals surface area (Å²) in [6, 6.07) is 8.94. The smallest absolute Gasteiger partial charge is 0.297 e. The molecule has 0 aliphatic carbocycles. The lowest BCUT2D eigenvalue weighted by atomic mass is 9.98. The summed E-state index contributed by atoms with van der Waals surface area (Å²) in [6.45, 7) is 1.93. The third kappa shape index (κ3) is 2.70. The fourth-order valence-corrected chi connectivity index (χ4v) is 4.40. The van der Waals surface area contributed by atoms with Crippen molar-refractivity contribution in [2.75, 3.05) is 4.90 Å². The minimum atomic E-state index is -0.838. The van der Waals surface area contributed by atoms with Crippen LogP contribution in [0.2, 0.25) is 0 Å². The first-order valence-electron chi connectivity index (χ1n) is 9.19. The molecule has 0 radical (unpaired) electrons. The molecule has 1 N–H and O–H groups in total. The molecule has 9 heteroatoms. The van der Waals surface area contributed by atoms with E-state index in [-0.39, 0.29) is 28.0 Å². The highest BCUT2D eigenvalue weighted by atomic mass is 32.1. The fourth-order valence-electron chi connectivity index (χ4n) is 3.60. The summed E-state index contributed by atoms with van der Waals surface area (Å²) >= 11 is 1.25. The minimum absolute atomic E-state index is 0.0478. The maximum absolute atomic E-state index is 13.8. The van der Waals surface area contributed by atoms with Gasteiger partial charge >= 0.3 is 0 Å². The lowest BCUT2D eigenvalue weighted by Crippen LogP contribution is -2.29. The summed E-state index contributed by atoms with van der Waals surface area (Å²) in [7, 11) is 0. The predicted molar refractivity (Wildman–Crippen MR) is 108 cm³/mol. The summed E-state index contributed by atoms with van der Waals surface area (Å²) in [5, 5.41) is 19.0. The summed E-state index contributed by atoms with van der Waals surface area (Å²) in [5.74, 6) is -1.16. The quantitative estimate of drug-likeness (QED) is 0.538. The van der Waals surface area contributed by atoms with Gasteiger partial charge in [-0.2, -0.15) is 0 Å². The number of hydrogen-bond acceptors (Lipinski definition) is 7. The van der Waals surface area contributed by atoms with Crippen molar-refractivity contribution < 1.29 is 18.7 Å². The van der Waals surface area contributed by atoms with Crippen molar-refractivity contribution in [3.63, 3.8) is 0 Å². The van der Waals surface area contributed by atoms with Crippen LogP contribution in [0.4, 0.5) is 9.52 Å². The van der Waals surface area contributed by atoms with Gasteiger partial charge in [0.25, 0.3) is 5.91 Å². The summed E-state index contributed by atoms with van der Waals surface area (Å²) in [6.07, 6.45) is 0.650. The molecule has 1 unspecified atom stereocenters. The van der Waals surface area contributed by atoms with Crippen LogP contribution in [0.3, 0.4) is 0 Å². The molecule has 2 aromatic heterocycles. The second kappa shape index (κ2) is 6.74. The van der Waals surface area contributed by atoms with Crippen molar-refractivity contribution in [1.29, 1.82) is 0 Å². The summed E-state index contributed by atoms with van der Waals surface area (Å²) in [5.41, 5.74) is 0.333. The van der Waals surface area contributed by atoms with Crippen LogP contribution in [0, 0.1) is 5.82 Å². The second-order valence-electron chi connectivity index (χ2n) is 6.82. The number of rotatable bonds is 3. The lowest BCUT2D eigenvalue weighted by Gasteiger charge is -2.22. The first-order chi connectivity index (χ1) is 14.5. The molecular weight excluding hydrogens is 409 g/mol. The number of phenols is 1. The van der Waals surface area contributed by atoms with Crippen molar-refractivity contribution in [1.82, 2.24) is 10.2 Å². The second-order valence-corrected chi connectivity index (χ2v) is 7.86. The molecule has 1 atom stereocenters. The van der Waals surface area contributed by atoms with Gasteiger partial charge in [-0.05, 0) is 42.3 Å². The monoisotopic (exact) mass is 423 g/mol. The summed E-state index contributed by atoms with van der Waals surface area (Å²) in [4.78, 5) is 28.0. The maximum Gasteiger partial charge on any atom is 0.297 e. The number of carbonyl (C=O) groups is 1. The molecule has 0 fully saturated rings. The van der Waals surface area contributed by atoms with Crippen LogP contribution in [0.5, 0.6) is 5.75 Å². The molecule has 2 aromatic carbocycles. The zero-order chi connectivity index (χ0) is 21.0. The molecule has 5 rings (SSSR count). The van der Waals surface area contributed by atoms with E-state index in [1.807, 2.05) is 6.92 Å². The zero-order valence-electron chi connectivity index (χ0n) is 15.6. The van der Waals surface area contributed by atoms with Crippen LogP contribution >= 0.6 is 11.3 Å². The van der Waals surface area contributed by atoms with E-state index in [9.17, 15) is 19.1 Å². The highest BCUT2D eigenvalue weighted by Crippen LogP contribution is 2.42. The lowest BCUT2D eigenvalue weighted by molar-refractivity contribution is 0.0970. The first kappa shape index (κ1) is 18.4. The Hall–Kier alpha value is -3.59. The van der Waals surface area contributed by atoms with Gasteiger partial charge in [0, 0.05) is 0 Å². The standard InChI is InChI=1S/C21H14FN3O4S/c1-2-15-23-24-21(30-15)25-17(10-3-6-12(26)7-4-10)16-18(27)13-9-11(22)5-8-14(13)29-19(16)20(25)28/h3-9,17,26H,2H2,1H3. The van der Waals surface area contributed by atoms with Gasteiger partial charge < -0.3 is 9.52 Å². The number of phenolic OH excluding ortho intramolecular Hbond substituents is 1. The molecule has 3 heterocycles. The van der Waals surface area contributed by atoms with Crippen LogP contribution < -0.4 is 10.3 Å². The third-order valence-corrected chi connectivity index (χ3v) is 6.07. The Balaban J connectivity index is 1.80. The van der Waals surface area contributed by atoms with E-state index in [0.717, 1.165) is 11.1 Å². The Morgan fingerprint density at radius 1 is 1.17 bits per heavy atom. The highest BCUT2D eigenvalue weighted by molar-refractivity contribution is 7.15. The SMILES string of the molecule is CCc1nnc(N2C(=O)c3oc4ccc(F)cc4c(=O)c3C2c2ccc(O)cc2)s1. The number of anilines is 1. The third-order valence-electron chi connectivity index (χ3n) is 5.01. The van der Waals surface area contributed by atoms with Gasteiger partial charge in [0.1, 0.15) is 22.2 Å². The van der Waals surface area contributed by atoms with Crippen LogP contribution in [-0.2, 0) is 6.42 Å². The van der Waals surface area contributed by atoms with Gasteiger partial charge in [0.05, 0.1) is 17.0 Å². The van der Waals surface area contributed by atoms with Gasteiger partial charge in [-0.25, -0.2) is 4.39 Å². The Morgan fingerprint density at radius 3 is 2.63 bits per heavy atom. The number of aromatic nitrogens is 2. The number of aryl methyl sites for hydroxylation is 1. The van der Waals surface area contributed by atoms with Crippen molar-refractivity contribution in [3.05, 3.63) is 80.4 Å². The van der Waals surface area contributed by atoms with E-state index in [1.165, 1.54) is 40.5 Å². The molecule has 4 aromatic rings. The highest BCUT2D eigenvalue weighted by Gasteiger charge is 2.45. The number of benzene rings is 2. The largest absolute Gasteiger partial charge is 0.508 e. The molecule has 1 amide bonds. The molecule has 0 bridgehead atoms. The van der Waals surface area contributed by atoms with E-state index in [4.69, 9.17) is 4.42 Å². The van der Waals surface area contributed by atoms with Gasteiger partial charge in [-0.15, -0.1) is 10.2 Å². The molecule has 1 aliphatic rings. The van der Waals surface area contributed by atoms with E-state index < -0.39 is 23.2 Å². The molecule has 150 valence electrons. The average Bonchev–Trinajstić information content (AvgIpc) is 3.32. The van der Waals surface area contributed by atoms with Gasteiger partial charge in [0.2, 0.25) is 10.9 Å². The number of halogens is 1. The number of aromatic hydroxyl groups is 1. The topological polar surface area (TPSA) is 96.5 Å². The Kier molecular flexibility index (Phi) is 4.14. The Morgan fingerprint density at radius 2 is 1.93 bits per heavy atom. The van der Waals surface area contributed by atoms with Crippen LogP contribution in [0.1, 0.15) is 39.7 Å². The van der Waals surface area contributed by atoms with E-state index >= 15 is 0 Å². The molecule has 0 spiro atoms. The number of amides is 1. The van der Waals surface area contributed by atoms with Crippen molar-refractivity contribution in [2.24, 2.45) is 0 Å². The molecule has 7 nitrogen and oxygen atoms in total. The normalized spacial score (nSPS) is 15.7. The van der Waals surface area contributed by atoms with Crippen LogP contribution in [-0.4, -0.2) is 21.2 Å². The van der Waals surface area contributed by atoms with Crippen molar-refractivity contribution >= 4 is 33.3 Å². The maximum atomic E-state index is 13.8. The molecule has 0 saturated heterocycles. The van der Waals surface area contributed by atoms with Gasteiger partial charge in [-0.1, -0.05) is 30.4 Å². The van der Waals surface area contributed by atoms with Crippen molar-refractivity contribution in [2.45, 2.75) is 19.4 Å². The predicted octanol–water partition coefficient (Wildman–Crippen LogP) is 3.80. The molecular formula is C21H14FN3O4S.